The Morgan fingerprint density at radius 2 is 1.52 bits per heavy atom. The molecule has 3 nitrogen and oxygen atoms in total. The Balaban J connectivity index is 1.80. The van der Waals surface area contributed by atoms with E-state index in [1.165, 1.54) is 17.7 Å². The summed E-state index contributed by atoms with van der Waals surface area (Å²) in [5, 5.41) is 0. The van der Waals surface area contributed by atoms with E-state index in [0.717, 1.165) is 28.3 Å². The van der Waals surface area contributed by atoms with E-state index in [-0.39, 0.29) is 5.82 Å². The molecule has 0 radical (unpaired) electrons. The number of nitrogens with zero attached hydrogens (tertiary/aromatic N) is 3. The van der Waals surface area contributed by atoms with Crippen molar-refractivity contribution in [3.63, 3.8) is 0 Å². The van der Waals surface area contributed by atoms with Crippen LogP contribution in [-0.4, -0.2) is 14.0 Å². The van der Waals surface area contributed by atoms with Gasteiger partial charge in [0.25, 0.3) is 0 Å². The number of hydrogen-bond donors (Lipinski definition) is 0. The lowest BCUT2D eigenvalue weighted by atomic mass is 10.1. The summed E-state index contributed by atoms with van der Waals surface area (Å²) in [5.74, 6) is 0.634. The van der Waals surface area contributed by atoms with Crippen LogP contribution in [0.3, 0.4) is 0 Å². The fourth-order valence-electron chi connectivity index (χ4n) is 2.81. The molecule has 0 spiro atoms. The van der Waals surface area contributed by atoms with Crippen molar-refractivity contribution >= 4 is 5.78 Å². The molecule has 0 aliphatic heterocycles. The van der Waals surface area contributed by atoms with E-state index >= 15 is 0 Å². The predicted octanol–water partition coefficient (Wildman–Crippen LogP) is 4.45. The third-order valence-electron chi connectivity index (χ3n) is 4.12. The Hall–Kier alpha value is -2.88. The van der Waals surface area contributed by atoms with Crippen LogP contribution in [0.2, 0.25) is 0 Å². The molecule has 0 N–H and O–H groups in total. The average molecular weight is 305 g/mol. The molecule has 4 heteroatoms. The van der Waals surface area contributed by atoms with Gasteiger partial charge in [-0.2, -0.15) is 0 Å². The van der Waals surface area contributed by atoms with E-state index in [1.54, 1.807) is 12.1 Å². The third kappa shape index (κ3) is 2.32. The smallest absolute Gasteiger partial charge is 0.214 e. The molecule has 0 saturated carbocycles. The molecule has 0 aliphatic rings. The second kappa shape index (κ2) is 5.09. The lowest BCUT2D eigenvalue weighted by Gasteiger charge is -2.02. The van der Waals surface area contributed by atoms with Gasteiger partial charge < -0.3 is 4.57 Å². The molecule has 114 valence electrons. The topological polar surface area (TPSA) is 22.2 Å². The summed E-state index contributed by atoms with van der Waals surface area (Å²) < 4.78 is 17.1. The van der Waals surface area contributed by atoms with Crippen LogP contribution < -0.4 is 0 Å². The molecule has 2 aromatic heterocycles. The maximum atomic E-state index is 13.1. The van der Waals surface area contributed by atoms with Crippen LogP contribution in [0.15, 0.2) is 60.9 Å². The Bertz CT molecular complexity index is 976. The summed E-state index contributed by atoms with van der Waals surface area (Å²) in [7, 11) is 1.97. The van der Waals surface area contributed by atoms with Crippen molar-refractivity contribution < 1.29 is 4.39 Å². The maximum absolute atomic E-state index is 13.1. The molecule has 0 fully saturated rings. The number of rotatable bonds is 2. The first-order valence-electron chi connectivity index (χ1n) is 7.49. The standard InChI is InChI=1S/C19H16FN3/c1-13-3-5-14(6-4-13)17-11-23-12-18(22(2)19(23)21-17)15-7-9-16(20)10-8-15/h3-12H,1-2H3. The quantitative estimate of drug-likeness (QED) is 0.536. The van der Waals surface area contributed by atoms with Gasteiger partial charge in [0.2, 0.25) is 5.78 Å². The molecule has 2 aromatic carbocycles. The summed E-state index contributed by atoms with van der Waals surface area (Å²) in [4.78, 5) is 4.73. The second-order valence-electron chi connectivity index (χ2n) is 5.78. The van der Waals surface area contributed by atoms with Crippen LogP contribution in [0, 0.1) is 12.7 Å². The van der Waals surface area contributed by atoms with E-state index < -0.39 is 0 Å². The van der Waals surface area contributed by atoms with Crippen molar-refractivity contribution in [2.45, 2.75) is 6.92 Å². The Labute approximate surface area is 133 Å². The molecule has 4 aromatic rings. The van der Waals surface area contributed by atoms with E-state index in [9.17, 15) is 4.39 Å². The van der Waals surface area contributed by atoms with E-state index in [1.807, 2.05) is 28.4 Å². The zero-order valence-electron chi connectivity index (χ0n) is 13.0. The SMILES string of the molecule is Cc1ccc(-c2cn3cc(-c4ccc(F)cc4)n(C)c3n2)cc1. The number of hydrogen-bond acceptors (Lipinski definition) is 1. The highest BCUT2D eigenvalue weighted by molar-refractivity contribution is 5.67. The number of halogens is 1. The molecule has 0 atom stereocenters. The molecule has 0 saturated heterocycles. The van der Waals surface area contributed by atoms with E-state index in [0.29, 0.717) is 0 Å². The molecule has 2 heterocycles. The molecule has 0 amide bonds. The summed E-state index contributed by atoms with van der Waals surface area (Å²) in [6.07, 6.45) is 4.04. The van der Waals surface area contributed by atoms with Crippen molar-refractivity contribution in [1.29, 1.82) is 0 Å². The predicted molar refractivity (Wildman–Crippen MR) is 89.7 cm³/mol. The van der Waals surface area contributed by atoms with Gasteiger partial charge in [-0.3, -0.25) is 4.40 Å². The molecule has 0 unspecified atom stereocenters. The number of fused-ring (bicyclic) bond motifs is 1. The summed E-state index contributed by atoms with van der Waals surface area (Å²) in [6, 6.07) is 14.9. The van der Waals surface area contributed by atoms with Gasteiger partial charge in [-0.1, -0.05) is 29.8 Å². The molecule has 0 bridgehead atoms. The third-order valence-corrected chi connectivity index (χ3v) is 4.12. The zero-order valence-corrected chi connectivity index (χ0v) is 13.0. The van der Waals surface area contributed by atoms with Crippen LogP contribution in [0.4, 0.5) is 4.39 Å². The lowest BCUT2D eigenvalue weighted by molar-refractivity contribution is 0.628. The van der Waals surface area contributed by atoms with Crippen LogP contribution in [0.25, 0.3) is 28.3 Å². The Morgan fingerprint density at radius 3 is 2.17 bits per heavy atom. The first kappa shape index (κ1) is 13.8. The van der Waals surface area contributed by atoms with Crippen molar-refractivity contribution in [2.75, 3.05) is 0 Å². The number of aryl methyl sites for hydroxylation is 2. The van der Waals surface area contributed by atoms with Gasteiger partial charge in [0, 0.05) is 25.0 Å². The average Bonchev–Trinajstić information content (AvgIpc) is 3.09. The fourth-order valence-corrected chi connectivity index (χ4v) is 2.81. The maximum Gasteiger partial charge on any atom is 0.214 e. The highest BCUT2D eigenvalue weighted by Crippen LogP contribution is 2.25. The van der Waals surface area contributed by atoms with E-state index in [4.69, 9.17) is 4.98 Å². The second-order valence-corrected chi connectivity index (χ2v) is 5.78. The van der Waals surface area contributed by atoms with Gasteiger partial charge in [-0.25, -0.2) is 9.37 Å². The highest BCUT2D eigenvalue weighted by Gasteiger charge is 2.12. The van der Waals surface area contributed by atoms with Gasteiger partial charge in [-0.05, 0) is 36.8 Å². The number of aromatic nitrogens is 3. The number of benzene rings is 2. The van der Waals surface area contributed by atoms with Crippen LogP contribution >= 0.6 is 0 Å². The molecular formula is C19H16FN3. The summed E-state index contributed by atoms with van der Waals surface area (Å²) >= 11 is 0. The van der Waals surface area contributed by atoms with Gasteiger partial charge >= 0.3 is 0 Å². The van der Waals surface area contributed by atoms with Crippen LogP contribution in [0.1, 0.15) is 5.56 Å². The lowest BCUT2D eigenvalue weighted by Crippen LogP contribution is -1.92. The number of imidazole rings is 2. The van der Waals surface area contributed by atoms with Crippen molar-refractivity contribution in [2.24, 2.45) is 7.05 Å². The molecule has 0 aliphatic carbocycles. The van der Waals surface area contributed by atoms with E-state index in [2.05, 4.69) is 31.2 Å². The normalized spacial score (nSPS) is 11.3. The molecule has 23 heavy (non-hydrogen) atoms. The van der Waals surface area contributed by atoms with Gasteiger partial charge in [0.1, 0.15) is 5.82 Å². The molecular weight excluding hydrogens is 289 g/mol. The fraction of sp³-hybridized carbons (Fsp3) is 0.105. The van der Waals surface area contributed by atoms with Gasteiger partial charge in [0.15, 0.2) is 0 Å². The monoisotopic (exact) mass is 305 g/mol. The largest absolute Gasteiger partial charge is 0.313 e. The summed E-state index contributed by atoms with van der Waals surface area (Å²) in [6.45, 7) is 2.07. The van der Waals surface area contributed by atoms with Crippen molar-refractivity contribution in [3.05, 3.63) is 72.3 Å². The van der Waals surface area contributed by atoms with Crippen LogP contribution in [0.5, 0.6) is 0 Å². The minimum atomic E-state index is -0.227. The first-order chi connectivity index (χ1) is 11.1. The van der Waals surface area contributed by atoms with Crippen molar-refractivity contribution in [3.8, 4) is 22.5 Å². The highest BCUT2D eigenvalue weighted by atomic mass is 19.1. The Kier molecular flexibility index (Phi) is 3.05. The minimum absolute atomic E-state index is 0.227. The van der Waals surface area contributed by atoms with Gasteiger partial charge in [0.05, 0.1) is 11.4 Å². The molecule has 4 rings (SSSR count). The first-order valence-corrected chi connectivity index (χ1v) is 7.49. The Morgan fingerprint density at radius 1 is 0.870 bits per heavy atom. The van der Waals surface area contributed by atoms with Gasteiger partial charge in [-0.15, -0.1) is 0 Å². The minimum Gasteiger partial charge on any atom is -0.313 e. The summed E-state index contributed by atoms with van der Waals surface area (Å²) in [5.41, 5.74) is 5.25. The van der Waals surface area contributed by atoms with Crippen LogP contribution in [-0.2, 0) is 7.05 Å². The van der Waals surface area contributed by atoms with Crippen molar-refractivity contribution in [1.82, 2.24) is 14.0 Å². The zero-order chi connectivity index (χ0) is 16.0.